The third-order valence-electron chi connectivity index (χ3n) is 0.924. The molecule has 4 nitrogen and oxygen atoms in total. The third kappa shape index (κ3) is 1.48. The van der Waals surface area contributed by atoms with E-state index < -0.39 is 0 Å². The summed E-state index contributed by atoms with van der Waals surface area (Å²) in [5.41, 5.74) is 0. The normalized spacial score (nSPS) is 10.0. The van der Waals surface area contributed by atoms with E-state index in [-0.39, 0.29) is 0 Å². The lowest BCUT2D eigenvalue weighted by molar-refractivity contribution is 0.569. The van der Waals surface area contributed by atoms with E-state index >= 15 is 0 Å². The zero-order valence-corrected chi connectivity index (χ0v) is 6.67. The summed E-state index contributed by atoms with van der Waals surface area (Å²) in [6, 6.07) is 0. The topological polar surface area (TPSA) is 43.6 Å². The van der Waals surface area contributed by atoms with Gasteiger partial charge in [-0.2, -0.15) is 0 Å². The van der Waals surface area contributed by atoms with Gasteiger partial charge in [0, 0.05) is 6.54 Å². The van der Waals surface area contributed by atoms with Gasteiger partial charge in [-0.1, -0.05) is 6.92 Å². The quantitative estimate of drug-likeness (QED) is 0.695. The largest absolute Gasteiger partial charge is 0.220 e. The Kier molecular flexibility index (Phi) is 2.16. The molecular formula is C4H7BrN4. The van der Waals surface area contributed by atoms with Crippen LogP contribution < -0.4 is 0 Å². The van der Waals surface area contributed by atoms with E-state index in [0.29, 0.717) is 4.73 Å². The molecule has 0 aliphatic carbocycles. The molecule has 0 radical (unpaired) electrons. The fourth-order valence-electron chi connectivity index (χ4n) is 0.542. The Morgan fingerprint density at radius 2 is 2.44 bits per heavy atom. The van der Waals surface area contributed by atoms with Crippen LogP contribution >= 0.6 is 15.9 Å². The monoisotopic (exact) mass is 190 g/mol. The van der Waals surface area contributed by atoms with Crippen LogP contribution in [0.15, 0.2) is 4.73 Å². The highest BCUT2D eigenvalue weighted by Crippen LogP contribution is 2.01. The molecule has 1 rings (SSSR count). The third-order valence-corrected chi connectivity index (χ3v) is 1.49. The predicted molar refractivity (Wildman–Crippen MR) is 35.8 cm³/mol. The van der Waals surface area contributed by atoms with Crippen molar-refractivity contribution in [1.82, 2.24) is 20.2 Å². The number of aromatic nitrogens is 4. The summed E-state index contributed by atoms with van der Waals surface area (Å²) in [6.45, 7) is 2.95. The van der Waals surface area contributed by atoms with Crippen molar-refractivity contribution in [1.29, 1.82) is 0 Å². The average molecular weight is 191 g/mol. The fraction of sp³-hybridized carbons (Fsp3) is 0.750. The van der Waals surface area contributed by atoms with Gasteiger partial charge in [0.15, 0.2) is 0 Å². The van der Waals surface area contributed by atoms with Crippen LogP contribution in [0.3, 0.4) is 0 Å². The first-order valence-corrected chi connectivity index (χ1v) is 3.55. The van der Waals surface area contributed by atoms with E-state index in [0.717, 1.165) is 13.0 Å². The van der Waals surface area contributed by atoms with Crippen LogP contribution in [0.2, 0.25) is 0 Å². The lowest BCUT2D eigenvalue weighted by Gasteiger charge is -1.93. The number of aryl methyl sites for hydroxylation is 1. The van der Waals surface area contributed by atoms with E-state index in [2.05, 4.69) is 38.4 Å². The molecular weight excluding hydrogens is 184 g/mol. The van der Waals surface area contributed by atoms with Crippen LogP contribution in [0.5, 0.6) is 0 Å². The maximum atomic E-state index is 3.71. The summed E-state index contributed by atoms with van der Waals surface area (Å²) in [5.74, 6) is 0. The molecule has 5 heteroatoms. The van der Waals surface area contributed by atoms with Crippen LogP contribution in [-0.4, -0.2) is 20.2 Å². The van der Waals surface area contributed by atoms with Gasteiger partial charge in [0.25, 0.3) is 0 Å². The standard InChI is InChI=1S/C4H7BrN4/c1-2-3-9-4(5)6-7-8-9/h2-3H2,1H3. The van der Waals surface area contributed by atoms with Crippen molar-refractivity contribution in [2.75, 3.05) is 0 Å². The average Bonchev–Trinajstić information content (AvgIpc) is 2.18. The molecule has 0 aromatic carbocycles. The van der Waals surface area contributed by atoms with Gasteiger partial charge in [-0.3, -0.25) is 0 Å². The molecule has 0 bridgehead atoms. The zero-order valence-electron chi connectivity index (χ0n) is 5.08. The second-order valence-corrected chi connectivity index (χ2v) is 2.38. The lowest BCUT2D eigenvalue weighted by Crippen LogP contribution is -1.98. The van der Waals surface area contributed by atoms with Crippen molar-refractivity contribution in [3.8, 4) is 0 Å². The predicted octanol–water partition coefficient (Wildman–Crippen LogP) is 0.846. The smallest absolute Gasteiger partial charge is 0.218 e. The van der Waals surface area contributed by atoms with Gasteiger partial charge in [-0.15, -0.1) is 5.10 Å². The molecule has 0 saturated heterocycles. The molecule has 1 aromatic rings. The van der Waals surface area contributed by atoms with Gasteiger partial charge in [-0.05, 0) is 32.8 Å². The maximum Gasteiger partial charge on any atom is 0.218 e. The number of hydrogen-bond acceptors (Lipinski definition) is 3. The van der Waals surface area contributed by atoms with Gasteiger partial charge in [0.2, 0.25) is 4.73 Å². The Labute approximate surface area is 61.4 Å². The van der Waals surface area contributed by atoms with Crippen LogP contribution in [0.25, 0.3) is 0 Å². The van der Waals surface area contributed by atoms with Gasteiger partial charge in [-0.25, -0.2) is 4.68 Å². The van der Waals surface area contributed by atoms with Crippen molar-refractivity contribution in [3.05, 3.63) is 4.73 Å². The SMILES string of the molecule is CCCn1nnnc1Br. The number of rotatable bonds is 2. The van der Waals surface area contributed by atoms with Crippen molar-refractivity contribution < 1.29 is 0 Å². The van der Waals surface area contributed by atoms with Crippen molar-refractivity contribution in [2.45, 2.75) is 19.9 Å². The minimum Gasteiger partial charge on any atom is -0.220 e. The Balaban J connectivity index is 2.69. The molecule has 0 spiro atoms. The second kappa shape index (κ2) is 2.91. The summed E-state index contributed by atoms with van der Waals surface area (Å²) < 4.78 is 2.41. The molecule has 1 heterocycles. The number of nitrogens with zero attached hydrogens (tertiary/aromatic N) is 4. The van der Waals surface area contributed by atoms with E-state index in [4.69, 9.17) is 0 Å². The van der Waals surface area contributed by atoms with E-state index in [1.807, 2.05) is 0 Å². The number of halogens is 1. The molecule has 0 unspecified atom stereocenters. The minimum atomic E-state index is 0.698. The molecule has 0 N–H and O–H groups in total. The Morgan fingerprint density at radius 1 is 1.67 bits per heavy atom. The van der Waals surface area contributed by atoms with Crippen molar-refractivity contribution in [2.24, 2.45) is 0 Å². The van der Waals surface area contributed by atoms with Gasteiger partial charge in [0.05, 0.1) is 0 Å². The molecule has 50 valence electrons. The Bertz CT molecular complexity index is 184. The summed E-state index contributed by atoms with van der Waals surface area (Å²) in [5, 5.41) is 10.8. The van der Waals surface area contributed by atoms with Crippen LogP contribution in [0.1, 0.15) is 13.3 Å². The molecule has 0 saturated carbocycles. The maximum absolute atomic E-state index is 3.71. The molecule has 0 aliphatic rings. The molecule has 1 aromatic heterocycles. The van der Waals surface area contributed by atoms with Gasteiger partial charge in [0.1, 0.15) is 0 Å². The highest BCUT2D eigenvalue weighted by Gasteiger charge is 1.97. The summed E-state index contributed by atoms with van der Waals surface area (Å²) in [4.78, 5) is 0. The zero-order chi connectivity index (χ0) is 6.69. The van der Waals surface area contributed by atoms with Crippen LogP contribution in [0, 0.1) is 0 Å². The number of tetrazole rings is 1. The first kappa shape index (κ1) is 6.67. The van der Waals surface area contributed by atoms with E-state index in [1.165, 1.54) is 0 Å². The summed E-state index contributed by atoms with van der Waals surface area (Å²) in [7, 11) is 0. The van der Waals surface area contributed by atoms with Crippen LogP contribution in [0.4, 0.5) is 0 Å². The second-order valence-electron chi connectivity index (χ2n) is 1.67. The van der Waals surface area contributed by atoms with E-state index in [9.17, 15) is 0 Å². The highest BCUT2D eigenvalue weighted by atomic mass is 79.9. The molecule has 0 fully saturated rings. The Hall–Kier alpha value is -0.450. The molecule has 0 atom stereocenters. The molecule has 0 aliphatic heterocycles. The van der Waals surface area contributed by atoms with Gasteiger partial charge >= 0.3 is 0 Å². The van der Waals surface area contributed by atoms with Crippen molar-refractivity contribution in [3.63, 3.8) is 0 Å². The summed E-state index contributed by atoms with van der Waals surface area (Å²) >= 11 is 3.19. The highest BCUT2D eigenvalue weighted by molar-refractivity contribution is 9.10. The van der Waals surface area contributed by atoms with Crippen molar-refractivity contribution >= 4 is 15.9 Å². The summed E-state index contributed by atoms with van der Waals surface area (Å²) in [6.07, 6.45) is 1.05. The Morgan fingerprint density at radius 3 is 2.89 bits per heavy atom. The molecule has 0 amide bonds. The van der Waals surface area contributed by atoms with E-state index in [1.54, 1.807) is 4.68 Å². The first-order chi connectivity index (χ1) is 4.34. The van der Waals surface area contributed by atoms with Gasteiger partial charge < -0.3 is 0 Å². The fourth-order valence-corrected chi connectivity index (χ4v) is 0.862. The van der Waals surface area contributed by atoms with Crippen LogP contribution in [-0.2, 0) is 6.54 Å². The molecule has 9 heavy (non-hydrogen) atoms. The minimum absolute atomic E-state index is 0.698. The lowest BCUT2D eigenvalue weighted by atomic mass is 10.5. The number of hydrogen-bond donors (Lipinski definition) is 0. The first-order valence-electron chi connectivity index (χ1n) is 2.76.